The minimum Gasteiger partial charge on any atom is -0.381 e. The molecule has 2 atom stereocenters. The van der Waals surface area contributed by atoms with Gasteiger partial charge in [-0.3, -0.25) is 0 Å². The minimum absolute atomic E-state index is 0.538. The fourth-order valence-corrected chi connectivity index (χ4v) is 4.10. The van der Waals surface area contributed by atoms with Crippen LogP contribution in [0.3, 0.4) is 0 Å². The Kier molecular flexibility index (Phi) is 4.74. The molecule has 20 heavy (non-hydrogen) atoms. The molecule has 1 aromatic carbocycles. The maximum Gasteiger partial charge on any atom is 0.0468 e. The Balaban J connectivity index is 1.76. The Hall–Kier alpha value is -0.860. The summed E-state index contributed by atoms with van der Waals surface area (Å²) in [6.07, 6.45) is 7.83. The first-order valence-electron chi connectivity index (χ1n) is 8.21. The van der Waals surface area contributed by atoms with Crippen LogP contribution in [0, 0.1) is 11.8 Å². The Morgan fingerprint density at radius 3 is 2.75 bits per heavy atom. The molecule has 1 saturated heterocycles. The minimum atomic E-state index is 0.538. The highest BCUT2D eigenvalue weighted by Gasteiger charge is 2.29. The highest BCUT2D eigenvalue weighted by molar-refractivity contribution is 5.31. The zero-order valence-corrected chi connectivity index (χ0v) is 12.6. The number of nitrogens with one attached hydrogen (secondary N) is 1. The van der Waals surface area contributed by atoms with Crippen molar-refractivity contribution in [2.45, 2.75) is 44.6 Å². The van der Waals surface area contributed by atoms with E-state index in [0.29, 0.717) is 6.04 Å². The van der Waals surface area contributed by atoms with Crippen LogP contribution in [-0.2, 0) is 11.2 Å². The Labute approximate surface area is 122 Å². The van der Waals surface area contributed by atoms with Gasteiger partial charge in [0.15, 0.2) is 0 Å². The van der Waals surface area contributed by atoms with Crippen molar-refractivity contribution in [2.75, 3.05) is 20.3 Å². The summed E-state index contributed by atoms with van der Waals surface area (Å²) in [6.45, 7) is 1.94. The average molecular weight is 273 g/mol. The van der Waals surface area contributed by atoms with Gasteiger partial charge in [-0.05, 0) is 68.5 Å². The van der Waals surface area contributed by atoms with Gasteiger partial charge in [0.1, 0.15) is 0 Å². The number of benzene rings is 1. The lowest BCUT2D eigenvalue weighted by Gasteiger charge is -2.31. The number of hydrogen-bond acceptors (Lipinski definition) is 2. The largest absolute Gasteiger partial charge is 0.381 e. The second-order valence-electron chi connectivity index (χ2n) is 6.41. The van der Waals surface area contributed by atoms with Crippen molar-refractivity contribution in [3.05, 3.63) is 35.4 Å². The molecule has 0 saturated carbocycles. The maximum absolute atomic E-state index is 5.51. The molecule has 3 rings (SSSR count). The number of ether oxygens (including phenoxy) is 1. The number of fused-ring (bicyclic) bond motifs is 1. The van der Waals surface area contributed by atoms with Crippen LogP contribution in [0.25, 0.3) is 0 Å². The fourth-order valence-electron chi connectivity index (χ4n) is 4.10. The van der Waals surface area contributed by atoms with Crippen molar-refractivity contribution in [3.63, 3.8) is 0 Å². The molecule has 2 aliphatic rings. The van der Waals surface area contributed by atoms with E-state index in [1.807, 2.05) is 0 Å². The van der Waals surface area contributed by atoms with Crippen LogP contribution in [-0.4, -0.2) is 20.3 Å². The summed E-state index contributed by atoms with van der Waals surface area (Å²) in [5, 5.41) is 3.61. The first-order chi connectivity index (χ1) is 9.88. The number of hydrogen-bond donors (Lipinski definition) is 1. The van der Waals surface area contributed by atoms with Crippen molar-refractivity contribution >= 4 is 0 Å². The predicted octanol–water partition coefficient (Wildman–Crippen LogP) is 3.72. The van der Waals surface area contributed by atoms with Crippen LogP contribution in [0.15, 0.2) is 24.3 Å². The van der Waals surface area contributed by atoms with E-state index in [1.54, 1.807) is 11.1 Å². The molecule has 1 fully saturated rings. The molecule has 1 aliphatic carbocycles. The molecule has 2 heteroatoms. The summed E-state index contributed by atoms with van der Waals surface area (Å²) in [6, 6.07) is 9.57. The van der Waals surface area contributed by atoms with Gasteiger partial charge in [-0.1, -0.05) is 24.3 Å². The zero-order valence-electron chi connectivity index (χ0n) is 12.6. The van der Waals surface area contributed by atoms with Gasteiger partial charge in [0.05, 0.1) is 0 Å². The van der Waals surface area contributed by atoms with Crippen molar-refractivity contribution in [1.82, 2.24) is 5.32 Å². The summed E-state index contributed by atoms with van der Waals surface area (Å²) < 4.78 is 5.51. The van der Waals surface area contributed by atoms with Crippen LogP contribution in [0.1, 0.15) is 49.3 Å². The monoisotopic (exact) mass is 273 g/mol. The molecule has 1 aromatic rings. The van der Waals surface area contributed by atoms with Crippen molar-refractivity contribution in [3.8, 4) is 0 Å². The Morgan fingerprint density at radius 1 is 1.15 bits per heavy atom. The first-order valence-corrected chi connectivity index (χ1v) is 8.21. The quantitative estimate of drug-likeness (QED) is 0.848. The van der Waals surface area contributed by atoms with Crippen LogP contribution in [0.4, 0.5) is 0 Å². The van der Waals surface area contributed by atoms with E-state index >= 15 is 0 Å². The second kappa shape index (κ2) is 6.73. The number of aryl methyl sites for hydroxylation is 1. The van der Waals surface area contributed by atoms with E-state index < -0.39 is 0 Å². The molecular formula is C18H27NO. The van der Waals surface area contributed by atoms with Gasteiger partial charge in [0.2, 0.25) is 0 Å². The molecule has 0 aromatic heterocycles. The van der Waals surface area contributed by atoms with Gasteiger partial charge in [0, 0.05) is 19.3 Å². The highest BCUT2D eigenvalue weighted by atomic mass is 16.5. The smallest absolute Gasteiger partial charge is 0.0468 e. The van der Waals surface area contributed by atoms with Crippen molar-refractivity contribution in [2.24, 2.45) is 11.8 Å². The molecule has 0 spiro atoms. The molecular weight excluding hydrogens is 246 g/mol. The van der Waals surface area contributed by atoms with E-state index in [-0.39, 0.29) is 0 Å². The second-order valence-corrected chi connectivity index (χ2v) is 6.41. The van der Waals surface area contributed by atoms with Crippen LogP contribution < -0.4 is 5.32 Å². The van der Waals surface area contributed by atoms with E-state index in [4.69, 9.17) is 4.74 Å². The molecule has 2 nitrogen and oxygen atoms in total. The summed E-state index contributed by atoms with van der Waals surface area (Å²) in [4.78, 5) is 0. The fraction of sp³-hybridized carbons (Fsp3) is 0.667. The maximum atomic E-state index is 5.51. The molecule has 1 aliphatic heterocycles. The Bertz CT molecular complexity index is 425. The average Bonchev–Trinajstić information content (AvgIpc) is 2.67. The van der Waals surface area contributed by atoms with Crippen molar-refractivity contribution in [1.29, 1.82) is 0 Å². The normalized spacial score (nSPS) is 27.9. The van der Waals surface area contributed by atoms with Gasteiger partial charge < -0.3 is 10.1 Å². The predicted molar refractivity (Wildman–Crippen MR) is 82.8 cm³/mol. The molecule has 0 amide bonds. The van der Waals surface area contributed by atoms with Gasteiger partial charge in [-0.2, -0.15) is 0 Å². The molecule has 1 heterocycles. The lowest BCUT2D eigenvalue weighted by molar-refractivity contribution is 0.0557. The number of rotatable bonds is 3. The first kappa shape index (κ1) is 14.1. The van der Waals surface area contributed by atoms with E-state index in [2.05, 4.69) is 36.6 Å². The summed E-state index contributed by atoms with van der Waals surface area (Å²) >= 11 is 0. The van der Waals surface area contributed by atoms with Gasteiger partial charge in [0.25, 0.3) is 0 Å². The SMILES string of the molecule is CNC1c2ccccc2CCCC1CC1CCOCC1. The highest BCUT2D eigenvalue weighted by Crippen LogP contribution is 2.38. The molecule has 1 N–H and O–H groups in total. The van der Waals surface area contributed by atoms with Crippen molar-refractivity contribution < 1.29 is 4.74 Å². The molecule has 0 radical (unpaired) electrons. The molecule has 0 bridgehead atoms. The van der Waals surface area contributed by atoms with Gasteiger partial charge >= 0.3 is 0 Å². The third-order valence-electron chi connectivity index (χ3n) is 5.17. The van der Waals surface area contributed by atoms with Gasteiger partial charge in [-0.25, -0.2) is 0 Å². The van der Waals surface area contributed by atoms with Crippen LogP contribution in [0.2, 0.25) is 0 Å². The topological polar surface area (TPSA) is 21.3 Å². The summed E-state index contributed by atoms with van der Waals surface area (Å²) in [5.41, 5.74) is 3.10. The molecule has 2 unspecified atom stereocenters. The van der Waals surface area contributed by atoms with E-state index in [9.17, 15) is 0 Å². The lowest BCUT2D eigenvalue weighted by Crippen LogP contribution is -2.28. The molecule has 110 valence electrons. The summed E-state index contributed by atoms with van der Waals surface area (Å²) in [5.74, 6) is 1.65. The van der Waals surface area contributed by atoms with Crippen LogP contribution in [0.5, 0.6) is 0 Å². The Morgan fingerprint density at radius 2 is 1.95 bits per heavy atom. The van der Waals surface area contributed by atoms with E-state index in [0.717, 1.165) is 25.0 Å². The lowest BCUT2D eigenvalue weighted by atomic mass is 9.81. The standard InChI is InChI=1S/C18H27NO/c1-19-18-16(13-14-9-11-20-12-10-14)7-4-6-15-5-2-3-8-17(15)18/h2-3,5,8,14,16,18-19H,4,6-7,9-13H2,1H3. The zero-order chi connectivity index (χ0) is 13.8. The van der Waals surface area contributed by atoms with Crippen LogP contribution >= 0.6 is 0 Å². The van der Waals surface area contributed by atoms with Gasteiger partial charge in [-0.15, -0.1) is 0 Å². The third-order valence-corrected chi connectivity index (χ3v) is 5.17. The third kappa shape index (κ3) is 3.07. The summed E-state index contributed by atoms with van der Waals surface area (Å²) in [7, 11) is 2.13. The van der Waals surface area contributed by atoms with E-state index in [1.165, 1.54) is 38.5 Å².